The molecule has 9 nitrogen and oxygen atoms in total. The number of aromatic amines is 1. The number of H-pyrrole nitrogens is 1. The first-order valence-corrected chi connectivity index (χ1v) is 13.3. The van der Waals surface area contributed by atoms with Crippen molar-refractivity contribution in [2.24, 2.45) is 7.05 Å². The van der Waals surface area contributed by atoms with Gasteiger partial charge in [-0.25, -0.2) is 0 Å². The van der Waals surface area contributed by atoms with E-state index in [4.69, 9.17) is 11.6 Å². The zero-order valence-electron chi connectivity index (χ0n) is 21.5. The van der Waals surface area contributed by atoms with Gasteiger partial charge in [0, 0.05) is 52.8 Å². The number of halogens is 1. The van der Waals surface area contributed by atoms with Crippen LogP contribution in [0.25, 0.3) is 22.2 Å². The lowest BCUT2D eigenvalue weighted by Gasteiger charge is -2.17. The van der Waals surface area contributed by atoms with E-state index in [-0.39, 0.29) is 23.4 Å². The summed E-state index contributed by atoms with van der Waals surface area (Å²) >= 11 is 6.08. The van der Waals surface area contributed by atoms with Crippen molar-refractivity contribution in [3.8, 4) is 11.3 Å². The maximum atomic E-state index is 13.7. The van der Waals surface area contributed by atoms with E-state index < -0.39 is 0 Å². The Bertz CT molecular complexity index is 1680. The molecular formula is C29H28ClN7O2. The first-order valence-electron chi connectivity index (χ1n) is 12.9. The quantitative estimate of drug-likeness (QED) is 0.291. The Morgan fingerprint density at radius 1 is 1.15 bits per heavy atom. The third-order valence-corrected chi connectivity index (χ3v) is 7.78. The average Bonchev–Trinajstić information content (AvgIpc) is 3.40. The van der Waals surface area contributed by atoms with Gasteiger partial charge in [-0.1, -0.05) is 23.7 Å². The number of hydrogen-bond donors (Lipinski definition) is 2. The van der Waals surface area contributed by atoms with Crippen molar-refractivity contribution >= 4 is 28.4 Å². The SMILES string of the molecule is Cn1cc(-c2cnc(CCC3(c4ccc(Cl)cc4)CC3)c(=O)n2CC(=O)NCc2cc3cnccc3[nH]2)cn1. The van der Waals surface area contributed by atoms with Crippen molar-refractivity contribution in [1.29, 1.82) is 0 Å². The van der Waals surface area contributed by atoms with E-state index in [0.717, 1.165) is 41.4 Å². The lowest BCUT2D eigenvalue weighted by atomic mass is 9.90. The number of carbonyl (C=O) groups is 1. The Hall–Kier alpha value is -4.24. The minimum absolute atomic E-state index is 0.0536. The summed E-state index contributed by atoms with van der Waals surface area (Å²) in [6.45, 7) is 0.189. The number of amides is 1. The van der Waals surface area contributed by atoms with Crippen molar-refractivity contribution in [3.05, 3.63) is 99.7 Å². The van der Waals surface area contributed by atoms with Crippen LogP contribution in [0, 0.1) is 0 Å². The number of benzene rings is 1. The molecule has 198 valence electrons. The molecular weight excluding hydrogens is 514 g/mol. The monoisotopic (exact) mass is 541 g/mol. The molecule has 39 heavy (non-hydrogen) atoms. The molecule has 1 aromatic carbocycles. The minimum Gasteiger partial charge on any atom is -0.357 e. The number of nitrogens with zero attached hydrogens (tertiary/aromatic N) is 5. The van der Waals surface area contributed by atoms with Gasteiger partial charge in [-0.05, 0) is 60.9 Å². The van der Waals surface area contributed by atoms with Crippen molar-refractivity contribution < 1.29 is 4.79 Å². The van der Waals surface area contributed by atoms with Gasteiger partial charge in [0.05, 0.1) is 24.6 Å². The summed E-state index contributed by atoms with van der Waals surface area (Å²) in [7, 11) is 1.81. The molecule has 1 aliphatic carbocycles. The molecule has 1 saturated carbocycles. The Labute approximate surface area is 229 Å². The van der Waals surface area contributed by atoms with E-state index in [1.54, 1.807) is 29.5 Å². The maximum Gasteiger partial charge on any atom is 0.273 e. The summed E-state index contributed by atoms with van der Waals surface area (Å²) in [6, 6.07) is 11.8. The van der Waals surface area contributed by atoms with Crippen molar-refractivity contribution in [2.75, 3.05) is 0 Å². The summed E-state index contributed by atoms with van der Waals surface area (Å²) in [4.78, 5) is 38.7. The van der Waals surface area contributed by atoms with Crippen molar-refractivity contribution in [3.63, 3.8) is 0 Å². The second-order valence-electron chi connectivity index (χ2n) is 10.2. The zero-order chi connectivity index (χ0) is 27.0. The molecule has 0 saturated heterocycles. The molecule has 0 atom stereocenters. The van der Waals surface area contributed by atoms with Gasteiger partial charge >= 0.3 is 0 Å². The van der Waals surface area contributed by atoms with Gasteiger partial charge in [0.15, 0.2) is 0 Å². The lowest BCUT2D eigenvalue weighted by molar-refractivity contribution is -0.121. The highest BCUT2D eigenvalue weighted by atomic mass is 35.5. The van der Waals surface area contributed by atoms with Crippen LogP contribution in [0.5, 0.6) is 0 Å². The van der Waals surface area contributed by atoms with Gasteiger partial charge in [0.25, 0.3) is 5.56 Å². The number of fused-ring (bicyclic) bond motifs is 1. The third-order valence-electron chi connectivity index (χ3n) is 7.53. The Kier molecular flexibility index (Phi) is 6.52. The van der Waals surface area contributed by atoms with E-state index in [1.807, 2.05) is 37.5 Å². The topological polar surface area (TPSA) is 110 Å². The van der Waals surface area contributed by atoms with Gasteiger partial charge < -0.3 is 10.3 Å². The highest BCUT2D eigenvalue weighted by molar-refractivity contribution is 6.30. The number of hydrogen-bond acceptors (Lipinski definition) is 5. The molecule has 1 aliphatic rings. The molecule has 0 bridgehead atoms. The van der Waals surface area contributed by atoms with E-state index in [9.17, 15) is 9.59 Å². The summed E-state index contributed by atoms with van der Waals surface area (Å²) < 4.78 is 3.16. The Morgan fingerprint density at radius 3 is 2.69 bits per heavy atom. The normalized spacial score (nSPS) is 14.0. The fourth-order valence-electron chi connectivity index (χ4n) is 5.16. The summed E-state index contributed by atoms with van der Waals surface area (Å²) in [5.41, 5.74) is 4.60. The number of aryl methyl sites for hydroxylation is 2. The molecule has 6 rings (SSSR count). The molecule has 4 heterocycles. The van der Waals surface area contributed by atoms with Gasteiger partial charge in [-0.15, -0.1) is 0 Å². The van der Waals surface area contributed by atoms with E-state index in [0.29, 0.717) is 29.4 Å². The largest absolute Gasteiger partial charge is 0.357 e. The van der Waals surface area contributed by atoms with Crippen LogP contribution >= 0.6 is 11.6 Å². The van der Waals surface area contributed by atoms with Crippen LogP contribution in [0.15, 0.2) is 72.2 Å². The molecule has 4 aromatic heterocycles. The van der Waals surface area contributed by atoms with Crippen LogP contribution < -0.4 is 10.9 Å². The van der Waals surface area contributed by atoms with E-state index in [2.05, 4.69) is 37.5 Å². The Balaban J connectivity index is 1.22. The predicted octanol–water partition coefficient (Wildman–Crippen LogP) is 4.15. The molecule has 5 aromatic rings. The number of aromatic nitrogens is 6. The molecule has 1 amide bonds. The number of nitrogens with one attached hydrogen (secondary N) is 2. The smallest absolute Gasteiger partial charge is 0.273 e. The van der Waals surface area contributed by atoms with Crippen LogP contribution in [0.3, 0.4) is 0 Å². The van der Waals surface area contributed by atoms with Gasteiger partial charge in [-0.2, -0.15) is 5.10 Å². The highest BCUT2D eigenvalue weighted by Gasteiger charge is 2.43. The maximum absolute atomic E-state index is 13.7. The molecule has 10 heteroatoms. The molecule has 2 N–H and O–H groups in total. The number of carbonyl (C=O) groups excluding carboxylic acids is 1. The average molecular weight is 542 g/mol. The molecule has 0 unspecified atom stereocenters. The third kappa shape index (κ3) is 5.22. The Morgan fingerprint density at radius 2 is 1.97 bits per heavy atom. The van der Waals surface area contributed by atoms with Crippen molar-refractivity contribution in [2.45, 2.75) is 44.2 Å². The summed E-state index contributed by atoms with van der Waals surface area (Å²) in [6.07, 6.45) is 12.1. The summed E-state index contributed by atoms with van der Waals surface area (Å²) in [5.74, 6) is -0.268. The standard InChI is InChI=1S/C29H28ClN7O2/c1-36-17-20(14-34-36)26-16-32-25(6-8-29(9-10-29)21-2-4-22(30)5-3-21)28(39)37(26)18-27(38)33-15-23-12-19-13-31-11-7-24(19)35-23/h2-5,7,11-14,16-17,35H,6,8-10,15,18H2,1H3,(H,33,38). The van der Waals surface area contributed by atoms with Crippen LogP contribution in [0.4, 0.5) is 0 Å². The van der Waals surface area contributed by atoms with Crippen LogP contribution in [0.2, 0.25) is 5.02 Å². The van der Waals surface area contributed by atoms with E-state index in [1.165, 1.54) is 10.1 Å². The van der Waals surface area contributed by atoms with Crippen molar-refractivity contribution in [1.82, 2.24) is 34.6 Å². The van der Waals surface area contributed by atoms with E-state index >= 15 is 0 Å². The number of pyridine rings is 1. The fourth-order valence-corrected chi connectivity index (χ4v) is 5.28. The minimum atomic E-state index is -0.268. The fraction of sp³-hybridized carbons (Fsp3) is 0.276. The number of rotatable bonds is 9. The van der Waals surface area contributed by atoms with Crippen LogP contribution in [0.1, 0.15) is 36.2 Å². The van der Waals surface area contributed by atoms with Crippen LogP contribution in [-0.2, 0) is 36.8 Å². The molecule has 0 spiro atoms. The van der Waals surface area contributed by atoms with Gasteiger partial charge in [0.1, 0.15) is 12.2 Å². The predicted molar refractivity (Wildman–Crippen MR) is 149 cm³/mol. The molecule has 1 fully saturated rings. The second kappa shape index (κ2) is 10.1. The second-order valence-corrected chi connectivity index (χ2v) is 10.6. The van der Waals surface area contributed by atoms with Gasteiger partial charge in [0.2, 0.25) is 5.91 Å². The first-order chi connectivity index (χ1) is 18.9. The molecule has 0 radical (unpaired) electrons. The lowest BCUT2D eigenvalue weighted by Crippen LogP contribution is -2.35. The summed E-state index contributed by atoms with van der Waals surface area (Å²) in [5, 5.41) is 8.85. The molecule has 0 aliphatic heterocycles. The van der Waals surface area contributed by atoms with Gasteiger partial charge in [-0.3, -0.25) is 28.8 Å². The zero-order valence-corrected chi connectivity index (χ0v) is 22.3. The first kappa shape index (κ1) is 25.1. The highest BCUT2D eigenvalue weighted by Crippen LogP contribution is 2.51. The van der Waals surface area contributed by atoms with Crippen LogP contribution in [-0.4, -0.2) is 35.2 Å².